The Kier molecular flexibility index (Phi) is 24.7. The van der Waals surface area contributed by atoms with Crippen LogP contribution in [0.5, 0.6) is 5.88 Å². The maximum absolute atomic E-state index is 11.6. The van der Waals surface area contributed by atoms with E-state index in [-0.39, 0.29) is 77.2 Å². The highest BCUT2D eigenvalue weighted by Crippen LogP contribution is 2.32. The molecule has 49 heavy (non-hydrogen) atoms. The van der Waals surface area contributed by atoms with Crippen LogP contribution in [-0.4, -0.2) is 47.6 Å². The van der Waals surface area contributed by atoms with Crippen LogP contribution >= 0.6 is 22.9 Å². The van der Waals surface area contributed by atoms with Crippen LogP contribution in [0.2, 0.25) is 5.02 Å². The van der Waals surface area contributed by atoms with Crippen LogP contribution in [0, 0.1) is 5.92 Å². The van der Waals surface area contributed by atoms with Gasteiger partial charge in [0.15, 0.2) is 0 Å². The third kappa shape index (κ3) is 16.0. The summed E-state index contributed by atoms with van der Waals surface area (Å²) in [6, 6.07) is 13.2. The molecule has 278 valence electrons. The fourth-order valence-corrected chi connectivity index (χ4v) is 6.49. The van der Waals surface area contributed by atoms with Gasteiger partial charge in [-0.3, -0.25) is 9.78 Å². The number of nitrogens with zero attached hydrogens (tertiary/aromatic N) is 3. The normalized spacial score (nSPS) is 12.0. The number of carbonyl (C=O) groups excluding carboxylic acids is 1. The summed E-state index contributed by atoms with van der Waals surface area (Å²) < 4.78 is 36.7. The lowest BCUT2D eigenvalue weighted by Crippen LogP contribution is -2.30. The number of aromatic nitrogens is 3. The van der Waals surface area contributed by atoms with E-state index in [9.17, 15) is 13.2 Å². The van der Waals surface area contributed by atoms with E-state index >= 15 is 0 Å². The van der Waals surface area contributed by atoms with Crippen molar-refractivity contribution in [2.24, 2.45) is 5.92 Å². The number of thiophene rings is 1. The SMILES string of the molecule is C.C.C.C.C.CC(C)C(=O)OC1CCCC1.CC(C)NS(=O)(=O)c1cnccc1Cl.CC(C)Oc1nc2ccccc2nc1-c1cccs1. The van der Waals surface area contributed by atoms with Gasteiger partial charge in [-0.15, -0.1) is 11.3 Å². The Balaban J connectivity index is -0.000000639. The van der Waals surface area contributed by atoms with Crippen molar-refractivity contribution in [3.8, 4) is 16.5 Å². The monoisotopic (exact) mass is 740 g/mol. The number of para-hydroxylation sites is 2. The molecule has 12 heteroatoms. The average molecular weight is 742 g/mol. The number of hydrogen-bond acceptors (Lipinski definition) is 9. The lowest BCUT2D eigenvalue weighted by molar-refractivity contribution is -0.152. The van der Waals surface area contributed by atoms with Gasteiger partial charge < -0.3 is 9.47 Å². The molecule has 1 saturated carbocycles. The molecule has 3 aromatic heterocycles. The molecule has 1 aliphatic rings. The zero-order chi connectivity index (χ0) is 32.3. The van der Waals surface area contributed by atoms with Crippen molar-refractivity contribution < 1.29 is 22.7 Å². The van der Waals surface area contributed by atoms with Gasteiger partial charge in [0, 0.05) is 18.4 Å². The van der Waals surface area contributed by atoms with Crippen LogP contribution in [0.3, 0.4) is 0 Å². The van der Waals surface area contributed by atoms with Gasteiger partial charge in [0.1, 0.15) is 16.7 Å². The summed E-state index contributed by atoms with van der Waals surface area (Å²) in [6.07, 6.45) is 7.55. The Morgan fingerprint density at radius 1 is 0.898 bits per heavy atom. The van der Waals surface area contributed by atoms with Crippen molar-refractivity contribution in [1.82, 2.24) is 19.7 Å². The highest BCUT2D eigenvalue weighted by Gasteiger charge is 2.21. The van der Waals surface area contributed by atoms with Crippen molar-refractivity contribution in [3.05, 3.63) is 65.3 Å². The molecule has 4 aromatic rings. The molecular formula is C37H61ClN4O5S2. The maximum Gasteiger partial charge on any atom is 0.308 e. The first-order valence-corrected chi connectivity index (χ1v) is 17.4. The molecule has 5 rings (SSSR count). The number of nitrogens with one attached hydrogen (secondary N) is 1. The highest BCUT2D eigenvalue weighted by molar-refractivity contribution is 7.89. The second-order valence-corrected chi connectivity index (χ2v) is 14.1. The number of carbonyl (C=O) groups is 1. The minimum Gasteiger partial charge on any atom is -0.473 e. The van der Waals surface area contributed by atoms with Crippen molar-refractivity contribution in [1.29, 1.82) is 0 Å². The van der Waals surface area contributed by atoms with Gasteiger partial charge in [-0.25, -0.2) is 23.1 Å². The molecule has 0 amide bonds. The quantitative estimate of drug-likeness (QED) is 0.177. The van der Waals surface area contributed by atoms with Gasteiger partial charge in [-0.2, -0.15) is 0 Å². The number of fused-ring (bicyclic) bond motifs is 1. The van der Waals surface area contributed by atoms with Crippen LogP contribution < -0.4 is 9.46 Å². The van der Waals surface area contributed by atoms with Gasteiger partial charge in [0.05, 0.1) is 33.0 Å². The molecule has 0 bridgehead atoms. The second kappa shape index (κ2) is 24.1. The second-order valence-electron chi connectivity index (χ2n) is 11.1. The summed E-state index contributed by atoms with van der Waals surface area (Å²) >= 11 is 7.38. The van der Waals surface area contributed by atoms with E-state index in [1.165, 1.54) is 31.3 Å². The van der Waals surface area contributed by atoms with Gasteiger partial charge in [-0.1, -0.05) is 80.8 Å². The Hall–Kier alpha value is -3.12. The van der Waals surface area contributed by atoms with Crippen LogP contribution in [-0.2, 0) is 19.6 Å². The number of benzene rings is 1. The van der Waals surface area contributed by atoms with E-state index in [0.717, 1.165) is 34.4 Å². The van der Waals surface area contributed by atoms with E-state index in [0.29, 0.717) is 5.88 Å². The molecule has 0 spiro atoms. The van der Waals surface area contributed by atoms with Gasteiger partial charge in [0.2, 0.25) is 15.9 Å². The molecule has 0 saturated heterocycles. The van der Waals surface area contributed by atoms with Crippen LogP contribution in [0.4, 0.5) is 0 Å². The number of rotatable bonds is 8. The molecular weight excluding hydrogens is 680 g/mol. The maximum atomic E-state index is 11.6. The lowest BCUT2D eigenvalue weighted by atomic mass is 10.2. The molecule has 0 radical (unpaired) electrons. The summed E-state index contributed by atoms with van der Waals surface area (Å²) in [5.41, 5.74) is 2.57. The number of ether oxygens (including phenoxy) is 2. The Morgan fingerprint density at radius 2 is 1.49 bits per heavy atom. The first-order chi connectivity index (χ1) is 20.9. The summed E-state index contributed by atoms with van der Waals surface area (Å²) in [5, 5.41) is 2.21. The molecule has 1 aliphatic carbocycles. The molecule has 0 aliphatic heterocycles. The predicted octanol–water partition coefficient (Wildman–Crippen LogP) is 10.9. The Morgan fingerprint density at radius 3 is 1.98 bits per heavy atom. The predicted molar refractivity (Wildman–Crippen MR) is 210 cm³/mol. The van der Waals surface area contributed by atoms with Crippen LogP contribution in [0.15, 0.2) is 65.1 Å². The molecule has 0 unspecified atom stereocenters. The summed E-state index contributed by atoms with van der Waals surface area (Å²) in [4.78, 5) is 25.2. The van der Waals surface area contributed by atoms with Gasteiger partial charge in [-0.05, 0) is 83.0 Å². The van der Waals surface area contributed by atoms with E-state index in [1.807, 2.05) is 69.5 Å². The molecule has 1 fully saturated rings. The smallest absolute Gasteiger partial charge is 0.308 e. The summed E-state index contributed by atoms with van der Waals surface area (Å²) in [7, 11) is -3.53. The number of pyridine rings is 1. The first-order valence-electron chi connectivity index (χ1n) is 14.7. The van der Waals surface area contributed by atoms with Crippen molar-refractivity contribution in [2.75, 3.05) is 0 Å². The average Bonchev–Trinajstić information content (AvgIpc) is 3.67. The number of hydrogen-bond donors (Lipinski definition) is 1. The van der Waals surface area contributed by atoms with E-state index < -0.39 is 10.0 Å². The zero-order valence-corrected chi connectivity index (χ0v) is 28.4. The highest BCUT2D eigenvalue weighted by atomic mass is 35.5. The standard InChI is InChI=1S/C15H14N2OS.C9H16O2.C8H11ClN2O2S.5CH4/c1-10(2)18-15-14(13-8-5-9-19-13)16-11-6-3-4-7-12(11)17-15;1-7(2)9(10)11-8-5-3-4-6-8;1-6(2)11-14(12,13)8-5-10-4-3-7(8)9;;;;;/h3-10H,1-2H3;7-8H,3-6H2,1-2H3;3-6,11H,1-2H3;5*1H4. The van der Waals surface area contributed by atoms with Crippen molar-refractivity contribution >= 4 is 50.0 Å². The minimum absolute atomic E-state index is 0. The Labute approximate surface area is 306 Å². The van der Waals surface area contributed by atoms with Crippen LogP contribution in [0.25, 0.3) is 21.6 Å². The third-order valence-corrected chi connectivity index (χ3v) is 9.12. The topological polar surface area (TPSA) is 120 Å². The van der Waals surface area contributed by atoms with Gasteiger partial charge in [0.25, 0.3) is 0 Å². The minimum atomic E-state index is -3.53. The fraction of sp³-hybridized carbons (Fsp3) is 0.514. The molecule has 1 aromatic carbocycles. The number of esters is 1. The zero-order valence-electron chi connectivity index (χ0n) is 26.0. The van der Waals surface area contributed by atoms with E-state index in [2.05, 4.69) is 14.7 Å². The van der Waals surface area contributed by atoms with Crippen LogP contribution in [0.1, 0.15) is 104 Å². The largest absolute Gasteiger partial charge is 0.473 e. The number of halogens is 1. The van der Waals surface area contributed by atoms with E-state index in [1.54, 1.807) is 25.2 Å². The third-order valence-electron chi connectivity index (χ3n) is 6.11. The summed E-state index contributed by atoms with van der Waals surface area (Å²) in [6.45, 7) is 11.2. The molecule has 3 heterocycles. The number of sulfonamides is 1. The summed E-state index contributed by atoms with van der Waals surface area (Å²) in [5.74, 6) is 0.587. The fourth-order valence-electron chi connectivity index (χ4n) is 4.10. The first kappa shape index (κ1) is 50.3. The van der Waals surface area contributed by atoms with Crippen molar-refractivity contribution in [3.63, 3.8) is 0 Å². The lowest BCUT2D eigenvalue weighted by Gasteiger charge is -2.12. The molecule has 0 atom stereocenters. The molecule has 9 nitrogen and oxygen atoms in total. The Bertz CT molecular complexity index is 1590. The van der Waals surface area contributed by atoms with Gasteiger partial charge >= 0.3 is 5.97 Å². The molecule has 1 N–H and O–H groups in total. The van der Waals surface area contributed by atoms with E-state index in [4.69, 9.17) is 26.1 Å². The van der Waals surface area contributed by atoms with Crippen molar-refractivity contribution in [2.45, 2.75) is 128 Å².